The second-order valence-electron chi connectivity index (χ2n) is 7.85. The number of carbonyl (C=O) groups is 2. The van der Waals surface area contributed by atoms with Gasteiger partial charge in [0.05, 0.1) is 37.6 Å². The van der Waals surface area contributed by atoms with Crippen LogP contribution in [0.15, 0.2) is 36.4 Å². The Morgan fingerprint density at radius 2 is 2.00 bits per heavy atom. The first-order valence-electron chi connectivity index (χ1n) is 10.6. The Labute approximate surface area is 182 Å². The van der Waals surface area contributed by atoms with Crippen LogP contribution in [0.1, 0.15) is 47.3 Å². The van der Waals surface area contributed by atoms with Crippen LogP contribution < -0.4 is 14.8 Å². The minimum atomic E-state index is -0.304. The number of fused-ring (bicyclic) bond motifs is 1. The fraction of sp³-hybridized carbons (Fsp3) is 0.417. The quantitative estimate of drug-likeness (QED) is 0.663. The molecule has 1 N–H and O–H groups in total. The third kappa shape index (κ3) is 4.23. The molecule has 0 bridgehead atoms. The van der Waals surface area contributed by atoms with E-state index in [1.165, 1.54) is 0 Å². The first-order chi connectivity index (χ1) is 15.1. The Morgan fingerprint density at radius 3 is 2.68 bits per heavy atom. The Kier molecular flexibility index (Phi) is 6.13. The highest BCUT2D eigenvalue weighted by molar-refractivity contribution is 6.07. The van der Waals surface area contributed by atoms with Gasteiger partial charge in [0.2, 0.25) is 5.91 Å². The van der Waals surface area contributed by atoms with Crippen molar-refractivity contribution < 1.29 is 23.8 Å². The van der Waals surface area contributed by atoms with Gasteiger partial charge in [-0.1, -0.05) is 18.2 Å². The van der Waals surface area contributed by atoms with Crippen LogP contribution in [0.4, 0.5) is 5.69 Å². The van der Waals surface area contributed by atoms with E-state index in [9.17, 15) is 9.59 Å². The summed E-state index contributed by atoms with van der Waals surface area (Å²) in [5, 5.41) is 2.95. The molecule has 2 aromatic rings. The summed E-state index contributed by atoms with van der Waals surface area (Å²) in [5.41, 5.74) is 2.95. The normalized spacial score (nSPS) is 16.1. The van der Waals surface area contributed by atoms with Gasteiger partial charge in [-0.3, -0.25) is 9.59 Å². The molecule has 1 aliphatic heterocycles. The molecule has 1 aliphatic carbocycles. The molecule has 164 valence electrons. The average Bonchev–Trinajstić information content (AvgIpc) is 3.57. The Morgan fingerprint density at radius 1 is 1.19 bits per heavy atom. The maximum Gasteiger partial charge on any atom is 0.257 e. The summed E-state index contributed by atoms with van der Waals surface area (Å²) in [6.45, 7) is 3.20. The lowest BCUT2D eigenvalue weighted by molar-refractivity contribution is -0.117. The van der Waals surface area contributed by atoms with Gasteiger partial charge in [0.25, 0.3) is 5.91 Å². The van der Waals surface area contributed by atoms with Crippen LogP contribution in [0.25, 0.3) is 0 Å². The van der Waals surface area contributed by atoms with Crippen molar-refractivity contribution in [3.63, 3.8) is 0 Å². The van der Waals surface area contributed by atoms with Crippen molar-refractivity contribution in [1.29, 1.82) is 0 Å². The molecule has 0 aromatic heterocycles. The summed E-state index contributed by atoms with van der Waals surface area (Å²) in [4.78, 5) is 27.6. The summed E-state index contributed by atoms with van der Waals surface area (Å²) in [6.07, 6.45) is 1.83. The predicted molar refractivity (Wildman–Crippen MR) is 116 cm³/mol. The van der Waals surface area contributed by atoms with Gasteiger partial charge >= 0.3 is 0 Å². The lowest BCUT2D eigenvalue weighted by atomic mass is 10.0. The minimum absolute atomic E-state index is 0.00963. The molecule has 0 saturated heterocycles. The van der Waals surface area contributed by atoms with Gasteiger partial charge in [-0.15, -0.1) is 0 Å². The first kappa shape index (κ1) is 21.2. The number of anilines is 1. The van der Waals surface area contributed by atoms with E-state index in [-0.39, 0.29) is 23.8 Å². The number of methoxy groups -OCH3 is 2. The van der Waals surface area contributed by atoms with Crippen LogP contribution in [-0.2, 0) is 16.1 Å². The van der Waals surface area contributed by atoms with E-state index in [4.69, 9.17) is 14.2 Å². The Balaban J connectivity index is 1.64. The maximum absolute atomic E-state index is 13.5. The second kappa shape index (κ2) is 8.98. The van der Waals surface area contributed by atoms with E-state index in [1.54, 1.807) is 25.2 Å². The topological polar surface area (TPSA) is 77.1 Å². The van der Waals surface area contributed by atoms with E-state index < -0.39 is 0 Å². The molecular formula is C24H28N2O5. The van der Waals surface area contributed by atoms with E-state index >= 15 is 0 Å². The molecule has 4 rings (SSSR count). The molecule has 7 heteroatoms. The first-order valence-corrected chi connectivity index (χ1v) is 10.6. The van der Waals surface area contributed by atoms with Gasteiger partial charge in [0.15, 0.2) is 11.5 Å². The van der Waals surface area contributed by atoms with E-state index in [2.05, 4.69) is 5.32 Å². The average molecular weight is 424 g/mol. The lowest BCUT2D eigenvalue weighted by Gasteiger charge is -2.28. The molecule has 1 fully saturated rings. The number of benzene rings is 2. The van der Waals surface area contributed by atoms with Crippen molar-refractivity contribution in [2.24, 2.45) is 5.92 Å². The summed E-state index contributed by atoms with van der Waals surface area (Å²) in [7, 11) is 3.22. The molecular weight excluding hydrogens is 396 g/mol. The summed E-state index contributed by atoms with van der Waals surface area (Å²) in [5.74, 6) is 1.22. The molecule has 7 nitrogen and oxygen atoms in total. The number of nitrogens with one attached hydrogen (secondary N) is 1. The number of amides is 2. The van der Waals surface area contributed by atoms with Crippen LogP contribution in [-0.4, -0.2) is 44.1 Å². The Bertz CT molecular complexity index is 986. The predicted octanol–water partition coefficient (Wildman–Crippen LogP) is 3.79. The van der Waals surface area contributed by atoms with Crippen molar-refractivity contribution in [2.75, 3.05) is 32.8 Å². The fourth-order valence-corrected chi connectivity index (χ4v) is 4.01. The number of nitrogens with zero attached hydrogens (tertiary/aromatic N) is 1. The van der Waals surface area contributed by atoms with E-state index in [0.29, 0.717) is 42.5 Å². The SMILES string of the molecule is CCOc1cc(C(COC)N2Cc3cccc(NC(=O)C4CC4)c3C2=O)ccc1OC. The second-order valence-corrected chi connectivity index (χ2v) is 7.85. The molecule has 2 amide bonds. The van der Waals surface area contributed by atoms with Crippen molar-refractivity contribution in [3.8, 4) is 11.5 Å². The van der Waals surface area contributed by atoms with Crippen molar-refractivity contribution in [3.05, 3.63) is 53.1 Å². The van der Waals surface area contributed by atoms with Gasteiger partial charge in [-0.05, 0) is 49.1 Å². The molecule has 1 atom stereocenters. The molecule has 2 aromatic carbocycles. The lowest BCUT2D eigenvalue weighted by Crippen LogP contribution is -2.32. The molecule has 0 radical (unpaired) electrons. The van der Waals surface area contributed by atoms with Crippen LogP contribution in [0.5, 0.6) is 11.5 Å². The van der Waals surface area contributed by atoms with Crippen LogP contribution in [0, 0.1) is 5.92 Å². The number of rotatable bonds is 9. The third-order valence-corrected chi connectivity index (χ3v) is 5.75. The minimum Gasteiger partial charge on any atom is -0.493 e. The number of carbonyl (C=O) groups excluding carboxylic acids is 2. The summed E-state index contributed by atoms with van der Waals surface area (Å²) >= 11 is 0. The highest BCUT2D eigenvalue weighted by Crippen LogP contribution is 2.38. The monoisotopic (exact) mass is 424 g/mol. The molecule has 1 saturated carbocycles. The number of hydrogen-bond donors (Lipinski definition) is 1. The summed E-state index contributed by atoms with van der Waals surface area (Å²) in [6, 6.07) is 11.0. The molecule has 31 heavy (non-hydrogen) atoms. The summed E-state index contributed by atoms with van der Waals surface area (Å²) < 4.78 is 16.6. The van der Waals surface area contributed by atoms with Gasteiger partial charge in [-0.2, -0.15) is 0 Å². The molecule has 1 heterocycles. The standard InChI is InChI=1S/C24H28N2O5/c1-4-31-21-12-16(10-11-20(21)30-3)19(14-29-2)26-13-17-6-5-7-18(22(17)24(26)28)25-23(27)15-8-9-15/h5-7,10-12,15,19H,4,8-9,13-14H2,1-3H3,(H,25,27). The van der Waals surface area contributed by atoms with Gasteiger partial charge in [0, 0.05) is 19.6 Å². The molecule has 2 aliphatic rings. The van der Waals surface area contributed by atoms with Gasteiger partial charge in [0.1, 0.15) is 0 Å². The van der Waals surface area contributed by atoms with Crippen molar-refractivity contribution in [2.45, 2.75) is 32.4 Å². The maximum atomic E-state index is 13.5. The zero-order chi connectivity index (χ0) is 22.0. The van der Waals surface area contributed by atoms with Crippen molar-refractivity contribution in [1.82, 2.24) is 4.90 Å². The molecule has 1 unspecified atom stereocenters. The largest absolute Gasteiger partial charge is 0.493 e. The van der Waals surface area contributed by atoms with E-state index in [0.717, 1.165) is 24.0 Å². The van der Waals surface area contributed by atoms with Crippen molar-refractivity contribution >= 4 is 17.5 Å². The highest BCUT2D eigenvalue weighted by atomic mass is 16.5. The third-order valence-electron chi connectivity index (χ3n) is 5.75. The Hall–Kier alpha value is -3.06. The number of ether oxygens (including phenoxy) is 3. The van der Waals surface area contributed by atoms with Crippen LogP contribution in [0.2, 0.25) is 0 Å². The van der Waals surface area contributed by atoms with E-state index in [1.807, 2.05) is 37.3 Å². The fourth-order valence-electron chi connectivity index (χ4n) is 4.01. The van der Waals surface area contributed by atoms with Gasteiger partial charge < -0.3 is 24.4 Å². The van der Waals surface area contributed by atoms with Gasteiger partial charge in [-0.25, -0.2) is 0 Å². The number of hydrogen-bond acceptors (Lipinski definition) is 5. The zero-order valence-electron chi connectivity index (χ0n) is 18.1. The van der Waals surface area contributed by atoms with Crippen LogP contribution >= 0.6 is 0 Å². The smallest absolute Gasteiger partial charge is 0.257 e. The highest BCUT2D eigenvalue weighted by Gasteiger charge is 2.37. The van der Waals surface area contributed by atoms with Crippen LogP contribution in [0.3, 0.4) is 0 Å². The molecule has 0 spiro atoms. The zero-order valence-corrected chi connectivity index (χ0v) is 18.1.